The van der Waals surface area contributed by atoms with Crippen molar-refractivity contribution in [2.75, 3.05) is 11.9 Å². The summed E-state index contributed by atoms with van der Waals surface area (Å²) < 4.78 is 18.5. The number of hydrogen-bond donors (Lipinski definition) is 3. The molecule has 6 nitrogen and oxygen atoms in total. The van der Waals surface area contributed by atoms with E-state index < -0.39 is 19.3 Å². The van der Waals surface area contributed by atoms with E-state index in [1.807, 2.05) is 6.07 Å². The van der Waals surface area contributed by atoms with E-state index in [9.17, 15) is 19.4 Å². The van der Waals surface area contributed by atoms with Gasteiger partial charge in [-0.05, 0) is 24.1 Å². The smallest absolute Gasteiger partial charge is 0.354 e. The second kappa shape index (κ2) is 11.8. The third-order valence-corrected chi connectivity index (χ3v) is 6.30. The van der Waals surface area contributed by atoms with Crippen LogP contribution in [0.5, 0.6) is 0 Å². The molecule has 0 heterocycles. The Morgan fingerprint density at radius 3 is 2.31 bits per heavy atom. The lowest BCUT2D eigenvalue weighted by Gasteiger charge is -2.25. The summed E-state index contributed by atoms with van der Waals surface area (Å²) in [7, 11) is -4.11. The molecule has 0 saturated heterocycles. The summed E-state index contributed by atoms with van der Waals surface area (Å²) in [4.78, 5) is 22.2. The van der Waals surface area contributed by atoms with Crippen LogP contribution in [0.4, 0.5) is 5.69 Å². The molecule has 0 aliphatic carbocycles. The van der Waals surface area contributed by atoms with Crippen LogP contribution in [-0.4, -0.2) is 22.6 Å². The maximum atomic E-state index is 13.1. The van der Waals surface area contributed by atoms with Gasteiger partial charge in [0.25, 0.3) is 0 Å². The Balaban J connectivity index is 2.12. The molecule has 2 rings (SSSR count). The second-order valence-corrected chi connectivity index (χ2v) is 8.88. The zero-order chi connectivity index (χ0) is 21.1. The first-order valence-corrected chi connectivity index (χ1v) is 11.7. The van der Waals surface area contributed by atoms with E-state index in [4.69, 9.17) is 4.52 Å². The van der Waals surface area contributed by atoms with Gasteiger partial charge in [0.2, 0.25) is 0 Å². The molecular weight excluding hydrogens is 389 g/mol. The predicted molar refractivity (Wildman–Crippen MR) is 115 cm³/mol. The molecule has 29 heavy (non-hydrogen) atoms. The lowest BCUT2D eigenvalue weighted by Crippen LogP contribution is -2.15. The molecule has 0 aliphatic rings. The minimum absolute atomic E-state index is 0.0318. The normalized spacial score (nSPS) is 14.1. The zero-order valence-electron chi connectivity index (χ0n) is 16.8. The molecule has 2 atom stereocenters. The van der Waals surface area contributed by atoms with Gasteiger partial charge in [0.15, 0.2) is 5.78 Å². The standard InChI is InChI=1S/C22H30NO5P/c1-2-3-4-5-6-12-17-28-29(26,27)21(18-13-8-7-9-14-18)23-20-16-11-10-15-19(20)22(24)25/h7-11,13-16,21,23H,2-6,12,17H2,1H3,(H,24,25)(H,26,27). The highest BCUT2D eigenvalue weighted by atomic mass is 31.2. The molecule has 7 heteroatoms. The molecule has 0 aromatic heterocycles. The first-order valence-electron chi connectivity index (χ1n) is 10.1. The molecule has 0 fully saturated rings. The molecular formula is C22H30NO5P. The Morgan fingerprint density at radius 2 is 1.62 bits per heavy atom. The van der Waals surface area contributed by atoms with Gasteiger partial charge in [-0.1, -0.05) is 81.5 Å². The Labute approximate surface area is 172 Å². The highest BCUT2D eigenvalue weighted by Crippen LogP contribution is 2.56. The lowest BCUT2D eigenvalue weighted by atomic mass is 10.1. The summed E-state index contributed by atoms with van der Waals surface area (Å²) in [6, 6.07) is 15.1. The number of carboxylic acid groups (broad SMARTS) is 1. The number of nitrogens with one attached hydrogen (secondary N) is 1. The fourth-order valence-corrected chi connectivity index (χ4v) is 4.47. The number of anilines is 1. The quantitative estimate of drug-likeness (QED) is 0.270. The van der Waals surface area contributed by atoms with Gasteiger partial charge in [0, 0.05) is 5.69 Å². The number of unbranched alkanes of at least 4 members (excludes halogenated alkanes) is 5. The number of para-hydroxylation sites is 1. The van der Waals surface area contributed by atoms with Gasteiger partial charge < -0.3 is 19.8 Å². The van der Waals surface area contributed by atoms with Gasteiger partial charge in [-0.2, -0.15) is 0 Å². The van der Waals surface area contributed by atoms with E-state index in [-0.39, 0.29) is 17.9 Å². The maximum Gasteiger partial charge on any atom is 0.354 e. The first-order chi connectivity index (χ1) is 14.0. The Morgan fingerprint density at radius 1 is 1.00 bits per heavy atom. The lowest BCUT2D eigenvalue weighted by molar-refractivity contribution is 0.0697. The minimum atomic E-state index is -4.11. The molecule has 2 aromatic rings. The Kier molecular flexibility index (Phi) is 9.39. The van der Waals surface area contributed by atoms with Crippen LogP contribution >= 0.6 is 7.60 Å². The van der Waals surface area contributed by atoms with Crippen LogP contribution in [0.1, 0.15) is 67.2 Å². The van der Waals surface area contributed by atoms with Crippen LogP contribution in [0.3, 0.4) is 0 Å². The predicted octanol–water partition coefficient (Wildman–Crippen LogP) is 6.06. The van der Waals surface area contributed by atoms with Crippen molar-refractivity contribution in [3.8, 4) is 0 Å². The Bertz CT molecular complexity index is 812. The van der Waals surface area contributed by atoms with E-state index in [1.165, 1.54) is 18.9 Å². The molecule has 0 spiro atoms. The Hall–Kier alpha value is -2.14. The number of benzene rings is 2. The van der Waals surface area contributed by atoms with Crippen LogP contribution < -0.4 is 5.32 Å². The van der Waals surface area contributed by atoms with E-state index in [2.05, 4.69) is 12.2 Å². The van der Waals surface area contributed by atoms with Crippen LogP contribution in [0, 0.1) is 0 Å². The van der Waals surface area contributed by atoms with Gasteiger partial charge in [-0.15, -0.1) is 0 Å². The van der Waals surface area contributed by atoms with Crippen molar-refractivity contribution in [1.29, 1.82) is 0 Å². The van der Waals surface area contributed by atoms with Gasteiger partial charge in [0.1, 0.15) is 0 Å². The zero-order valence-corrected chi connectivity index (χ0v) is 17.7. The highest BCUT2D eigenvalue weighted by molar-refractivity contribution is 7.53. The molecule has 3 N–H and O–H groups in total. The molecule has 0 bridgehead atoms. The average molecular weight is 419 g/mol. The SMILES string of the molecule is CCCCCCCCOP(=O)(O)C(Nc1ccccc1C(=O)O)c1ccccc1. The first kappa shape index (κ1) is 23.1. The van der Waals surface area contributed by atoms with Gasteiger partial charge in [-0.3, -0.25) is 4.57 Å². The van der Waals surface area contributed by atoms with Crippen LogP contribution in [-0.2, 0) is 9.09 Å². The maximum absolute atomic E-state index is 13.1. The van der Waals surface area contributed by atoms with Crippen molar-refractivity contribution < 1.29 is 23.9 Å². The van der Waals surface area contributed by atoms with Gasteiger partial charge in [0.05, 0.1) is 12.2 Å². The fraction of sp³-hybridized carbons (Fsp3) is 0.409. The molecule has 2 unspecified atom stereocenters. The van der Waals surface area contributed by atoms with Crippen LogP contribution in [0.15, 0.2) is 54.6 Å². The van der Waals surface area contributed by atoms with Crippen molar-refractivity contribution in [2.45, 2.75) is 51.2 Å². The average Bonchev–Trinajstić information content (AvgIpc) is 2.72. The summed E-state index contributed by atoms with van der Waals surface area (Å²) in [5, 5.41) is 12.3. The summed E-state index contributed by atoms with van der Waals surface area (Å²) in [6.07, 6.45) is 6.27. The second-order valence-electron chi connectivity index (χ2n) is 6.97. The van der Waals surface area contributed by atoms with E-state index in [1.54, 1.807) is 42.5 Å². The van der Waals surface area contributed by atoms with Crippen LogP contribution in [0.2, 0.25) is 0 Å². The molecule has 2 aromatic carbocycles. The van der Waals surface area contributed by atoms with Crippen LogP contribution in [0.25, 0.3) is 0 Å². The third-order valence-electron chi connectivity index (χ3n) is 4.67. The summed E-state index contributed by atoms with van der Waals surface area (Å²) in [5.74, 6) is -2.18. The molecule has 0 amide bonds. The number of hydrogen-bond acceptors (Lipinski definition) is 4. The van der Waals surface area contributed by atoms with Crippen molar-refractivity contribution in [2.24, 2.45) is 0 Å². The summed E-state index contributed by atoms with van der Waals surface area (Å²) >= 11 is 0. The van der Waals surface area contributed by atoms with Crippen molar-refractivity contribution in [1.82, 2.24) is 0 Å². The topological polar surface area (TPSA) is 95.9 Å². The fourth-order valence-electron chi connectivity index (χ4n) is 3.08. The monoisotopic (exact) mass is 419 g/mol. The summed E-state index contributed by atoms with van der Waals surface area (Å²) in [6.45, 7) is 2.34. The molecule has 0 aliphatic heterocycles. The number of aromatic carboxylic acids is 1. The molecule has 0 radical (unpaired) electrons. The highest BCUT2D eigenvalue weighted by Gasteiger charge is 2.34. The molecule has 0 saturated carbocycles. The third kappa shape index (κ3) is 7.32. The largest absolute Gasteiger partial charge is 0.478 e. The minimum Gasteiger partial charge on any atom is -0.478 e. The van der Waals surface area contributed by atoms with E-state index in [0.29, 0.717) is 12.0 Å². The molecule has 158 valence electrons. The van der Waals surface area contributed by atoms with Crippen molar-refractivity contribution in [3.63, 3.8) is 0 Å². The number of carboxylic acids is 1. The number of rotatable bonds is 13. The van der Waals surface area contributed by atoms with E-state index >= 15 is 0 Å². The van der Waals surface area contributed by atoms with E-state index in [0.717, 1.165) is 19.3 Å². The number of carbonyl (C=O) groups is 1. The van der Waals surface area contributed by atoms with Gasteiger partial charge in [-0.25, -0.2) is 4.79 Å². The van der Waals surface area contributed by atoms with Crippen molar-refractivity contribution >= 4 is 19.3 Å². The summed E-state index contributed by atoms with van der Waals surface area (Å²) in [5.41, 5.74) is 0.858. The van der Waals surface area contributed by atoms with Crippen molar-refractivity contribution in [3.05, 3.63) is 65.7 Å². The van der Waals surface area contributed by atoms with Gasteiger partial charge >= 0.3 is 13.6 Å².